The monoisotopic (exact) mass is 474 g/mol. The molecule has 0 saturated carbocycles. The first kappa shape index (κ1) is 21.1. The highest BCUT2D eigenvalue weighted by atomic mass is 35.5. The number of furan rings is 1. The fraction of sp³-hybridized carbons (Fsp3) is 0. The molecule has 162 valence electrons. The van der Waals surface area contributed by atoms with Gasteiger partial charge in [-0.1, -0.05) is 35.3 Å². The van der Waals surface area contributed by atoms with Crippen LogP contribution in [0, 0.1) is 0 Å². The minimum Gasteiger partial charge on any atom is -0.457 e. The van der Waals surface area contributed by atoms with Gasteiger partial charge in [-0.3, -0.25) is 4.79 Å². The van der Waals surface area contributed by atoms with Crippen LogP contribution in [0.1, 0.15) is 5.76 Å². The van der Waals surface area contributed by atoms with Crippen molar-refractivity contribution in [3.8, 4) is 22.8 Å². The highest BCUT2D eigenvalue weighted by Gasteiger charge is 2.13. The van der Waals surface area contributed by atoms with Crippen molar-refractivity contribution >= 4 is 52.0 Å². The van der Waals surface area contributed by atoms with Crippen LogP contribution in [0.4, 0.5) is 5.69 Å². The number of benzene rings is 3. The van der Waals surface area contributed by atoms with Gasteiger partial charge in [0.15, 0.2) is 5.58 Å². The molecule has 0 fully saturated rings. The van der Waals surface area contributed by atoms with Crippen LogP contribution in [0.25, 0.3) is 40.0 Å². The number of aromatic nitrogens is 1. The number of carbonyl (C=O) groups is 1. The molecule has 0 unspecified atom stereocenters. The molecule has 0 aliphatic heterocycles. The Morgan fingerprint density at radius 2 is 1.73 bits per heavy atom. The van der Waals surface area contributed by atoms with Crippen molar-refractivity contribution < 1.29 is 13.6 Å². The second-order valence-electron chi connectivity index (χ2n) is 7.21. The smallest absolute Gasteiger partial charge is 0.248 e. The molecule has 0 radical (unpaired) electrons. The van der Waals surface area contributed by atoms with Crippen LogP contribution >= 0.6 is 23.2 Å². The summed E-state index contributed by atoms with van der Waals surface area (Å²) >= 11 is 12.3. The van der Waals surface area contributed by atoms with E-state index in [1.165, 1.54) is 6.08 Å². The van der Waals surface area contributed by atoms with Crippen molar-refractivity contribution in [2.75, 3.05) is 5.32 Å². The second kappa shape index (κ2) is 8.98. The topological polar surface area (TPSA) is 68.3 Å². The molecule has 2 heterocycles. The third kappa shape index (κ3) is 4.70. The van der Waals surface area contributed by atoms with E-state index >= 15 is 0 Å². The lowest BCUT2D eigenvalue weighted by atomic mass is 10.2. The SMILES string of the molecule is O=C(/C=C/c1ccc(-c2ccc(Cl)cc2)o1)Nc1ccc(Cl)c(-c2nc3ccccc3o2)c1. The van der Waals surface area contributed by atoms with Gasteiger partial charge in [0.2, 0.25) is 11.8 Å². The van der Waals surface area contributed by atoms with E-state index in [-0.39, 0.29) is 5.91 Å². The third-order valence-corrected chi connectivity index (χ3v) is 5.49. The minimum atomic E-state index is -0.315. The van der Waals surface area contributed by atoms with Crippen LogP contribution < -0.4 is 5.32 Å². The largest absolute Gasteiger partial charge is 0.457 e. The average molecular weight is 475 g/mol. The van der Waals surface area contributed by atoms with E-state index in [9.17, 15) is 4.79 Å². The molecule has 5 nitrogen and oxygen atoms in total. The van der Waals surface area contributed by atoms with Crippen LogP contribution in [0.15, 0.2) is 93.8 Å². The number of para-hydroxylation sites is 2. The van der Waals surface area contributed by atoms with E-state index in [0.717, 1.165) is 11.1 Å². The predicted octanol–water partition coefficient (Wildman–Crippen LogP) is 7.71. The van der Waals surface area contributed by atoms with E-state index in [0.29, 0.717) is 44.3 Å². The molecule has 7 heteroatoms. The summed E-state index contributed by atoms with van der Waals surface area (Å²) in [4.78, 5) is 16.9. The van der Waals surface area contributed by atoms with Crippen molar-refractivity contribution in [2.24, 2.45) is 0 Å². The number of hydrogen-bond donors (Lipinski definition) is 1. The lowest BCUT2D eigenvalue weighted by Gasteiger charge is -2.05. The Balaban J connectivity index is 1.30. The molecule has 2 aromatic heterocycles. The van der Waals surface area contributed by atoms with E-state index in [1.54, 1.807) is 42.5 Å². The van der Waals surface area contributed by atoms with Gasteiger partial charge in [0.25, 0.3) is 0 Å². The molecule has 0 aliphatic rings. The summed E-state index contributed by atoms with van der Waals surface area (Å²) in [6, 6.07) is 23.6. The van der Waals surface area contributed by atoms with Gasteiger partial charge in [0.1, 0.15) is 17.0 Å². The number of nitrogens with zero attached hydrogens (tertiary/aromatic N) is 1. The zero-order valence-corrected chi connectivity index (χ0v) is 18.6. The molecule has 0 saturated heterocycles. The third-order valence-electron chi connectivity index (χ3n) is 4.91. The Morgan fingerprint density at radius 3 is 2.55 bits per heavy atom. The van der Waals surface area contributed by atoms with Gasteiger partial charge in [0.05, 0.1) is 10.6 Å². The molecule has 5 rings (SSSR count). The highest BCUT2D eigenvalue weighted by molar-refractivity contribution is 6.33. The Morgan fingerprint density at radius 1 is 0.909 bits per heavy atom. The molecular weight excluding hydrogens is 459 g/mol. The van der Waals surface area contributed by atoms with E-state index in [1.807, 2.05) is 42.5 Å². The van der Waals surface area contributed by atoms with Gasteiger partial charge < -0.3 is 14.2 Å². The first-order valence-corrected chi connectivity index (χ1v) is 10.8. The van der Waals surface area contributed by atoms with E-state index in [2.05, 4.69) is 10.3 Å². The molecule has 3 aromatic carbocycles. The predicted molar refractivity (Wildman–Crippen MR) is 131 cm³/mol. The number of amides is 1. The Bertz CT molecular complexity index is 1450. The summed E-state index contributed by atoms with van der Waals surface area (Å²) in [5.41, 5.74) is 3.45. The number of carbonyl (C=O) groups excluding carboxylic acids is 1. The first-order chi connectivity index (χ1) is 16.0. The summed E-state index contributed by atoms with van der Waals surface area (Å²) in [7, 11) is 0. The summed E-state index contributed by atoms with van der Waals surface area (Å²) < 4.78 is 11.6. The Labute approximate surface area is 199 Å². The molecule has 33 heavy (non-hydrogen) atoms. The summed E-state index contributed by atoms with van der Waals surface area (Å²) in [5.74, 6) is 1.31. The molecule has 0 bridgehead atoms. The minimum absolute atomic E-state index is 0.315. The van der Waals surface area contributed by atoms with Crippen LogP contribution in [0.3, 0.4) is 0 Å². The summed E-state index contributed by atoms with van der Waals surface area (Å²) in [5, 5.41) is 3.95. The van der Waals surface area contributed by atoms with Crippen LogP contribution in [-0.2, 0) is 4.79 Å². The number of anilines is 1. The molecule has 1 amide bonds. The fourth-order valence-electron chi connectivity index (χ4n) is 3.31. The van der Waals surface area contributed by atoms with Crippen LogP contribution in [-0.4, -0.2) is 10.9 Å². The second-order valence-corrected chi connectivity index (χ2v) is 8.06. The van der Waals surface area contributed by atoms with Crippen molar-refractivity contribution in [3.63, 3.8) is 0 Å². The molecule has 0 aliphatic carbocycles. The Hall–Kier alpha value is -3.80. The van der Waals surface area contributed by atoms with Crippen molar-refractivity contribution in [3.05, 3.63) is 101 Å². The van der Waals surface area contributed by atoms with Gasteiger partial charge in [-0.25, -0.2) is 4.98 Å². The average Bonchev–Trinajstić information content (AvgIpc) is 3.46. The van der Waals surface area contributed by atoms with Gasteiger partial charge in [-0.15, -0.1) is 0 Å². The summed E-state index contributed by atoms with van der Waals surface area (Å²) in [6.45, 7) is 0. The lowest BCUT2D eigenvalue weighted by molar-refractivity contribution is -0.111. The number of oxazole rings is 1. The van der Waals surface area contributed by atoms with E-state index < -0.39 is 0 Å². The zero-order valence-electron chi connectivity index (χ0n) is 17.1. The number of hydrogen-bond acceptors (Lipinski definition) is 4. The number of fused-ring (bicyclic) bond motifs is 1. The molecule has 5 aromatic rings. The zero-order chi connectivity index (χ0) is 22.8. The van der Waals surface area contributed by atoms with E-state index in [4.69, 9.17) is 32.0 Å². The van der Waals surface area contributed by atoms with Gasteiger partial charge in [-0.2, -0.15) is 0 Å². The number of halogens is 2. The van der Waals surface area contributed by atoms with Gasteiger partial charge >= 0.3 is 0 Å². The first-order valence-electron chi connectivity index (χ1n) is 10.1. The van der Waals surface area contributed by atoms with Gasteiger partial charge in [-0.05, 0) is 72.8 Å². The maximum absolute atomic E-state index is 12.4. The molecular formula is C26H16Cl2N2O3. The van der Waals surface area contributed by atoms with Crippen LogP contribution in [0.5, 0.6) is 0 Å². The Kier molecular flexibility index (Phi) is 5.73. The molecule has 1 N–H and O–H groups in total. The lowest BCUT2D eigenvalue weighted by Crippen LogP contribution is -2.07. The van der Waals surface area contributed by atoms with Crippen molar-refractivity contribution in [1.82, 2.24) is 4.98 Å². The fourth-order valence-corrected chi connectivity index (χ4v) is 3.63. The standard InChI is InChI=1S/C26H16Cl2N2O3/c27-17-7-5-16(6-8-17)23-13-10-19(32-23)11-14-25(31)29-18-9-12-21(28)20(15-18)26-30-22-3-1-2-4-24(22)33-26/h1-15H,(H,29,31)/b14-11+. The highest BCUT2D eigenvalue weighted by Crippen LogP contribution is 2.32. The molecule has 0 spiro atoms. The summed E-state index contributed by atoms with van der Waals surface area (Å²) in [6.07, 6.45) is 3.00. The maximum Gasteiger partial charge on any atom is 0.248 e. The molecule has 0 atom stereocenters. The number of nitrogens with one attached hydrogen (secondary N) is 1. The van der Waals surface area contributed by atoms with Crippen molar-refractivity contribution in [1.29, 1.82) is 0 Å². The van der Waals surface area contributed by atoms with Gasteiger partial charge in [0, 0.05) is 22.3 Å². The normalized spacial score (nSPS) is 11.3. The van der Waals surface area contributed by atoms with Crippen molar-refractivity contribution in [2.45, 2.75) is 0 Å². The number of rotatable bonds is 5. The quantitative estimate of drug-likeness (QED) is 0.264. The maximum atomic E-state index is 12.4. The van der Waals surface area contributed by atoms with Crippen LogP contribution in [0.2, 0.25) is 10.0 Å².